The van der Waals surface area contributed by atoms with E-state index in [9.17, 15) is 9.90 Å². The second-order valence-electron chi connectivity index (χ2n) is 8.08. The fraction of sp³-hybridized carbons (Fsp3) is 0.526. The molecule has 10 heteroatoms. The zero-order valence-electron chi connectivity index (χ0n) is 16.4. The lowest BCUT2D eigenvalue weighted by Gasteiger charge is -2.26. The van der Waals surface area contributed by atoms with E-state index in [1.807, 2.05) is 20.8 Å². The van der Waals surface area contributed by atoms with Crippen LogP contribution in [0.3, 0.4) is 0 Å². The zero-order valence-corrected chi connectivity index (χ0v) is 17.1. The molecule has 0 saturated carbocycles. The molecule has 1 aliphatic heterocycles. The molecular weight excluding hydrogens is 400 g/mol. The van der Waals surface area contributed by atoms with Crippen LogP contribution in [-0.4, -0.2) is 50.7 Å². The van der Waals surface area contributed by atoms with Crippen molar-refractivity contribution in [1.82, 2.24) is 14.5 Å². The minimum absolute atomic E-state index is 0.0124. The Hall–Kier alpha value is -2.54. The van der Waals surface area contributed by atoms with Gasteiger partial charge in [-0.2, -0.15) is 4.98 Å². The quantitative estimate of drug-likeness (QED) is 0.438. The second-order valence-corrected chi connectivity index (χ2v) is 8.42. The van der Waals surface area contributed by atoms with Gasteiger partial charge in [-0.05, 0) is 23.1 Å². The van der Waals surface area contributed by atoms with E-state index in [0.29, 0.717) is 11.0 Å². The summed E-state index contributed by atoms with van der Waals surface area (Å²) in [6, 6.07) is 1.72. The van der Waals surface area contributed by atoms with Crippen LogP contribution in [0.25, 0.3) is 11.0 Å². The van der Waals surface area contributed by atoms with Crippen molar-refractivity contribution in [3.05, 3.63) is 17.5 Å². The van der Waals surface area contributed by atoms with Crippen LogP contribution in [0.5, 0.6) is 0 Å². The highest BCUT2D eigenvalue weighted by atomic mass is 35.5. The molecule has 3 heterocycles. The Morgan fingerprint density at radius 1 is 1.52 bits per heavy atom. The summed E-state index contributed by atoms with van der Waals surface area (Å²) < 4.78 is 17.8. The normalized spacial score (nSPS) is 24.4. The zero-order chi connectivity index (χ0) is 21.4. The van der Waals surface area contributed by atoms with Crippen molar-refractivity contribution >= 4 is 34.6 Å². The summed E-state index contributed by atoms with van der Waals surface area (Å²) in [5.74, 6) is 2.64. The van der Waals surface area contributed by atoms with Gasteiger partial charge in [-0.25, -0.2) is 9.78 Å². The van der Waals surface area contributed by atoms with Crippen molar-refractivity contribution in [1.29, 1.82) is 0 Å². The maximum atomic E-state index is 11.9. The number of aliphatic hydroxyl groups excluding tert-OH is 1. The van der Waals surface area contributed by atoms with E-state index in [0.717, 1.165) is 0 Å². The van der Waals surface area contributed by atoms with Gasteiger partial charge in [-0.15, -0.1) is 6.42 Å². The Labute approximate surface area is 173 Å². The molecular formula is C19H23ClN4O5. The number of aromatic nitrogens is 3. The van der Waals surface area contributed by atoms with E-state index in [-0.39, 0.29) is 36.2 Å². The van der Waals surface area contributed by atoms with Crippen LogP contribution in [0.15, 0.2) is 12.3 Å². The molecule has 0 amide bonds. The van der Waals surface area contributed by atoms with E-state index in [4.69, 9.17) is 38.0 Å². The lowest BCUT2D eigenvalue weighted by Crippen LogP contribution is -2.43. The Bertz CT molecular complexity index is 964. The van der Waals surface area contributed by atoms with Crippen LogP contribution < -0.4 is 5.73 Å². The van der Waals surface area contributed by atoms with Gasteiger partial charge in [-0.1, -0.05) is 26.7 Å². The van der Waals surface area contributed by atoms with E-state index in [1.165, 1.54) is 0 Å². The third-order valence-corrected chi connectivity index (χ3v) is 4.63. The number of rotatable bonds is 4. The number of carbonyl (C=O) groups excluding carboxylic acids is 1. The van der Waals surface area contributed by atoms with Crippen molar-refractivity contribution in [3.8, 4) is 12.3 Å². The van der Waals surface area contributed by atoms with Gasteiger partial charge in [0.1, 0.15) is 30.4 Å². The number of nitrogen functional groups attached to an aromatic ring is 1. The average Bonchev–Trinajstić information content (AvgIpc) is 3.19. The number of nitrogens with zero attached hydrogens (tertiary/aromatic N) is 3. The fourth-order valence-electron chi connectivity index (χ4n) is 2.97. The number of carbonyl (C=O) groups is 1. The van der Waals surface area contributed by atoms with E-state index >= 15 is 0 Å². The lowest BCUT2D eigenvalue weighted by atomic mass is 9.99. The highest BCUT2D eigenvalue weighted by Gasteiger charge is 2.49. The van der Waals surface area contributed by atoms with Crippen LogP contribution in [-0.2, 0) is 14.2 Å². The van der Waals surface area contributed by atoms with Gasteiger partial charge in [0.05, 0.1) is 12.0 Å². The summed E-state index contributed by atoms with van der Waals surface area (Å²) in [6.07, 6.45) is 4.83. The Morgan fingerprint density at radius 3 is 2.90 bits per heavy atom. The standard InChI is InChI=1S/C19H23ClN4O5/c1-5-19(10-28-17(26)27-9-18(2,3)4)12(25)8-13(29-19)24-7-6-11-14(21)22-16(20)23-15(11)24/h1,6-7,12-13,25H,8-10H2,2-4H3,(H2,21,22,23)/t12-,13+,19+/m0/s1. The number of fused-ring (bicyclic) bond motifs is 1. The van der Waals surface area contributed by atoms with Crippen LogP contribution >= 0.6 is 11.6 Å². The van der Waals surface area contributed by atoms with Crippen molar-refractivity contribution < 1.29 is 24.1 Å². The molecule has 0 spiro atoms. The smallest absolute Gasteiger partial charge is 0.434 e. The number of nitrogens with two attached hydrogens (primary N) is 1. The van der Waals surface area contributed by atoms with Gasteiger partial charge in [0.25, 0.3) is 0 Å². The number of hydrogen-bond donors (Lipinski definition) is 2. The molecule has 3 rings (SSSR count). The number of anilines is 1. The first kappa shape index (κ1) is 21.2. The molecule has 0 aromatic carbocycles. The molecule has 3 atom stereocenters. The van der Waals surface area contributed by atoms with Crippen molar-refractivity contribution in [2.24, 2.45) is 5.41 Å². The minimum atomic E-state index is -1.52. The molecule has 3 N–H and O–H groups in total. The predicted molar refractivity (Wildman–Crippen MR) is 106 cm³/mol. The van der Waals surface area contributed by atoms with Crippen LogP contribution in [0.4, 0.5) is 10.6 Å². The molecule has 2 aromatic heterocycles. The van der Waals surface area contributed by atoms with Gasteiger partial charge in [-0.3, -0.25) is 0 Å². The summed E-state index contributed by atoms with van der Waals surface area (Å²) in [5.41, 5.74) is 4.58. The number of hydrogen-bond acceptors (Lipinski definition) is 8. The molecule has 1 fully saturated rings. The topological polar surface area (TPSA) is 122 Å². The van der Waals surface area contributed by atoms with Gasteiger partial charge < -0.3 is 29.6 Å². The fourth-order valence-corrected chi connectivity index (χ4v) is 3.14. The third kappa shape index (κ3) is 4.40. The average molecular weight is 423 g/mol. The van der Waals surface area contributed by atoms with Gasteiger partial charge in [0, 0.05) is 12.6 Å². The monoisotopic (exact) mass is 422 g/mol. The third-order valence-electron chi connectivity index (χ3n) is 4.47. The summed E-state index contributed by atoms with van der Waals surface area (Å²) in [7, 11) is 0. The SMILES string of the molecule is C#C[C@]1(COC(=O)OCC(C)(C)C)O[C@@H](n2ccc3c(N)nc(Cl)nc32)C[C@@H]1O. The predicted octanol–water partition coefficient (Wildman–Crippen LogP) is 2.52. The minimum Gasteiger partial charge on any atom is -0.434 e. The van der Waals surface area contributed by atoms with Crippen molar-refractivity contribution in [2.45, 2.75) is 45.1 Å². The maximum Gasteiger partial charge on any atom is 0.508 e. The molecule has 9 nitrogen and oxygen atoms in total. The molecule has 0 aliphatic carbocycles. The largest absolute Gasteiger partial charge is 0.508 e. The summed E-state index contributed by atoms with van der Waals surface area (Å²) in [6.45, 7) is 5.57. The van der Waals surface area contributed by atoms with Crippen LogP contribution in [0, 0.1) is 17.8 Å². The molecule has 0 unspecified atom stereocenters. The first-order valence-corrected chi connectivity index (χ1v) is 9.35. The summed E-state index contributed by atoms with van der Waals surface area (Å²) in [5, 5.41) is 11.1. The summed E-state index contributed by atoms with van der Waals surface area (Å²) >= 11 is 5.91. The van der Waals surface area contributed by atoms with Crippen LogP contribution in [0.1, 0.15) is 33.4 Å². The van der Waals surface area contributed by atoms with E-state index in [1.54, 1.807) is 16.8 Å². The molecule has 2 aromatic rings. The highest BCUT2D eigenvalue weighted by Crippen LogP contribution is 2.39. The molecule has 29 heavy (non-hydrogen) atoms. The first-order chi connectivity index (χ1) is 13.5. The number of aliphatic hydroxyl groups is 1. The van der Waals surface area contributed by atoms with E-state index in [2.05, 4.69) is 15.9 Å². The Morgan fingerprint density at radius 2 is 2.24 bits per heavy atom. The lowest BCUT2D eigenvalue weighted by molar-refractivity contribution is -0.0991. The van der Waals surface area contributed by atoms with Crippen LogP contribution in [0.2, 0.25) is 5.28 Å². The van der Waals surface area contributed by atoms with Crippen molar-refractivity contribution in [3.63, 3.8) is 0 Å². The first-order valence-electron chi connectivity index (χ1n) is 8.97. The molecule has 0 bridgehead atoms. The van der Waals surface area contributed by atoms with Gasteiger partial charge in [0.15, 0.2) is 5.60 Å². The highest BCUT2D eigenvalue weighted by molar-refractivity contribution is 6.28. The van der Waals surface area contributed by atoms with Crippen molar-refractivity contribution in [2.75, 3.05) is 18.9 Å². The number of ether oxygens (including phenoxy) is 3. The van der Waals surface area contributed by atoms with Gasteiger partial charge >= 0.3 is 6.16 Å². The molecule has 0 radical (unpaired) electrons. The Kier molecular flexibility index (Phi) is 5.63. The molecule has 156 valence electrons. The second kappa shape index (κ2) is 7.71. The molecule has 1 aliphatic rings. The number of terminal acetylenes is 1. The summed E-state index contributed by atoms with van der Waals surface area (Å²) in [4.78, 5) is 20.0. The molecule has 1 saturated heterocycles. The maximum absolute atomic E-state index is 11.9. The van der Waals surface area contributed by atoms with Gasteiger partial charge in [0.2, 0.25) is 5.28 Å². The van der Waals surface area contributed by atoms with E-state index < -0.39 is 24.1 Å². The number of halogens is 1. The Balaban J connectivity index is 1.75.